The van der Waals surface area contributed by atoms with Crippen LogP contribution in [0.5, 0.6) is 5.75 Å². The zero-order chi connectivity index (χ0) is 10.6. The molecule has 14 heavy (non-hydrogen) atoms. The van der Waals surface area contributed by atoms with E-state index in [9.17, 15) is 0 Å². The van der Waals surface area contributed by atoms with E-state index in [2.05, 4.69) is 0 Å². The number of hydrogen-bond donors (Lipinski definition) is 1. The summed E-state index contributed by atoms with van der Waals surface area (Å²) in [6.07, 6.45) is -0.0674. The Morgan fingerprint density at radius 2 is 2.21 bits per heavy atom. The van der Waals surface area contributed by atoms with Gasteiger partial charge in [-0.1, -0.05) is 17.7 Å². The maximum Gasteiger partial charge on any atom is 0.161 e. The fraction of sp³-hybridized carbons (Fsp3) is 0.400. The second-order valence-corrected chi connectivity index (χ2v) is 3.45. The van der Waals surface area contributed by atoms with E-state index in [0.29, 0.717) is 23.1 Å². The zero-order valence-electron chi connectivity index (χ0n) is 8.29. The van der Waals surface area contributed by atoms with Crippen LogP contribution in [-0.4, -0.2) is 19.8 Å². The SMILES string of the molecule is COC[C@@H](C)Oc1c(N)cccc1Cl. The van der Waals surface area contributed by atoms with E-state index in [4.69, 9.17) is 26.8 Å². The quantitative estimate of drug-likeness (QED) is 0.785. The van der Waals surface area contributed by atoms with Gasteiger partial charge in [0.2, 0.25) is 0 Å². The Morgan fingerprint density at radius 1 is 1.50 bits per heavy atom. The second-order valence-electron chi connectivity index (χ2n) is 3.04. The number of methoxy groups -OCH3 is 1. The number of nitrogens with two attached hydrogens (primary N) is 1. The summed E-state index contributed by atoms with van der Waals surface area (Å²) in [5.41, 5.74) is 6.26. The van der Waals surface area contributed by atoms with Crippen LogP contribution in [0, 0.1) is 0 Å². The second kappa shape index (κ2) is 5.08. The number of para-hydroxylation sites is 1. The highest BCUT2D eigenvalue weighted by molar-refractivity contribution is 6.32. The average molecular weight is 216 g/mol. The van der Waals surface area contributed by atoms with E-state index in [-0.39, 0.29) is 6.10 Å². The third kappa shape index (κ3) is 2.79. The minimum atomic E-state index is -0.0674. The summed E-state index contributed by atoms with van der Waals surface area (Å²) in [4.78, 5) is 0. The van der Waals surface area contributed by atoms with Gasteiger partial charge in [-0.15, -0.1) is 0 Å². The highest BCUT2D eigenvalue weighted by Gasteiger charge is 2.09. The first kappa shape index (κ1) is 11.1. The number of rotatable bonds is 4. The van der Waals surface area contributed by atoms with E-state index in [0.717, 1.165) is 0 Å². The van der Waals surface area contributed by atoms with Crippen LogP contribution >= 0.6 is 11.6 Å². The maximum absolute atomic E-state index is 5.93. The summed E-state index contributed by atoms with van der Waals surface area (Å²) in [6.45, 7) is 2.40. The van der Waals surface area contributed by atoms with Crippen molar-refractivity contribution in [3.63, 3.8) is 0 Å². The minimum Gasteiger partial charge on any atom is -0.485 e. The molecule has 0 spiro atoms. The molecule has 1 atom stereocenters. The molecular weight excluding hydrogens is 202 g/mol. The van der Waals surface area contributed by atoms with Gasteiger partial charge >= 0.3 is 0 Å². The van der Waals surface area contributed by atoms with Crippen LogP contribution in [0.25, 0.3) is 0 Å². The molecule has 0 aliphatic rings. The molecule has 0 fully saturated rings. The first-order valence-corrected chi connectivity index (χ1v) is 4.72. The summed E-state index contributed by atoms with van der Waals surface area (Å²) in [6, 6.07) is 5.28. The van der Waals surface area contributed by atoms with Crippen molar-refractivity contribution in [2.45, 2.75) is 13.0 Å². The van der Waals surface area contributed by atoms with E-state index in [1.165, 1.54) is 0 Å². The Labute approximate surface area is 88.8 Å². The van der Waals surface area contributed by atoms with Gasteiger partial charge in [0.1, 0.15) is 6.10 Å². The number of nitrogen functional groups attached to an aromatic ring is 1. The molecule has 1 aromatic carbocycles. The van der Waals surface area contributed by atoms with E-state index in [1.807, 2.05) is 6.92 Å². The summed E-state index contributed by atoms with van der Waals surface area (Å²) in [7, 11) is 1.62. The molecule has 1 aromatic rings. The maximum atomic E-state index is 5.93. The van der Waals surface area contributed by atoms with E-state index >= 15 is 0 Å². The van der Waals surface area contributed by atoms with Gasteiger partial charge in [0.25, 0.3) is 0 Å². The molecule has 0 aromatic heterocycles. The van der Waals surface area contributed by atoms with Crippen LogP contribution in [0.4, 0.5) is 5.69 Å². The van der Waals surface area contributed by atoms with Crippen molar-refractivity contribution in [3.8, 4) is 5.75 Å². The van der Waals surface area contributed by atoms with Gasteiger partial charge in [-0.25, -0.2) is 0 Å². The fourth-order valence-corrected chi connectivity index (χ4v) is 1.35. The zero-order valence-corrected chi connectivity index (χ0v) is 9.04. The first-order chi connectivity index (χ1) is 6.65. The summed E-state index contributed by atoms with van der Waals surface area (Å²) in [5, 5.41) is 0.521. The van der Waals surface area contributed by atoms with Crippen molar-refractivity contribution in [2.24, 2.45) is 0 Å². The standard InChI is InChI=1S/C10H14ClNO2/c1-7(6-13-2)14-10-8(11)4-3-5-9(10)12/h3-5,7H,6,12H2,1-2H3/t7-/m1/s1. The van der Waals surface area contributed by atoms with E-state index in [1.54, 1.807) is 25.3 Å². The first-order valence-electron chi connectivity index (χ1n) is 4.34. The smallest absolute Gasteiger partial charge is 0.161 e. The molecule has 0 amide bonds. The van der Waals surface area contributed by atoms with E-state index < -0.39 is 0 Å². The predicted molar refractivity (Wildman–Crippen MR) is 57.8 cm³/mol. The van der Waals surface area contributed by atoms with Crippen LogP contribution in [0.15, 0.2) is 18.2 Å². The lowest BCUT2D eigenvalue weighted by Crippen LogP contribution is -2.18. The Kier molecular flexibility index (Phi) is 4.04. The highest BCUT2D eigenvalue weighted by atomic mass is 35.5. The Bertz CT molecular complexity index is 284. The molecule has 78 valence electrons. The van der Waals surface area contributed by atoms with Gasteiger partial charge in [0.15, 0.2) is 5.75 Å². The van der Waals surface area contributed by atoms with Crippen LogP contribution in [0.3, 0.4) is 0 Å². The topological polar surface area (TPSA) is 44.5 Å². The van der Waals surface area contributed by atoms with Gasteiger partial charge in [-0.3, -0.25) is 0 Å². The van der Waals surface area contributed by atoms with Crippen LogP contribution in [-0.2, 0) is 4.74 Å². The van der Waals surface area contributed by atoms with Crippen LogP contribution in [0.2, 0.25) is 5.02 Å². The molecule has 0 saturated carbocycles. The largest absolute Gasteiger partial charge is 0.485 e. The molecular formula is C10H14ClNO2. The fourth-order valence-electron chi connectivity index (χ4n) is 1.12. The molecule has 1 rings (SSSR count). The number of anilines is 1. The lowest BCUT2D eigenvalue weighted by Gasteiger charge is -2.16. The number of halogens is 1. The third-order valence-electron chi connectivity index (χ3n) is 1.72. The Hall–Kier alpha value is -0.930. The summed E-state index contributed by atoms with van der Waals surface area (Å²) < 4.78 is 10.5. The monoisotopic (exact) mass is 215 g/mol. The summed E-state index contributed by atoms with van der Waals surface area (Å²) in [5.74, 6) is 0.527. The molecule has 0 heterocycles. The molecule has 0 unspecified atom stereocenters. The molecule has 2 N–H and O–H groups in total. The van der Waals surface area contributed by atoms with Crippen LogP contribution < -0.4 is 10.5 Å². The minimum absolute atomic E-state index is 0.0674. The van der Waals surface area contributed by atoms with Crippen molar-refractivity contribution in [3.05, 3.63) is 23.2 Å². The summed E-state index contributed by atoms with van der Waals surface area (Å²) >= 11 is 5.93. The van der Waals surface area contributed by atoms with Gasteiger partial charge in [0.05, 0.1) is 17.3 Å². The molecule has 0 radical (unpaired) electrons. The lowest BCUT2D eigenvalue weighted by molar-refractivity contribution is 0.0926. The van der Waals surface area contributed by atoms with Crippen molar-refractivity contribution >= 4 is 17.3 Å². The van der Waals surface area contributed by atoms with Gasteiger partial charge in [0, 0.05) is 7.11 Å². The molecule has 3 nitrogen and oxygen atoms in total. The molecule has 0 bridgehead atoms. The predicted octanol–water partition coefficient (Wildman–Crippen LogP) is 2.34. The molecule has 0 aliphatic carbocycles. The Morgan fingerprint density at radius 3 is 2.79 bits per heavy atom. The third-order valence-corrected chi connectivity index (χ3v) is 2.02. The number of ether oxygens (including phenoxy) is 2. The molecule has 4 heteroatoms. The lowest BCUT2D eigenvalue weighted by atomic mass is 10.3. The van der Waals surface area contributed by atoms with Gasteiger partial charge in [-0.05, 0) is 19.1 Å². The van der Waals surface area contributed by atoms with Crippen molar-refractivity contribution < 1.29 is 9.47 Å². The Balaban J connectivity index is 2.75. The number of hydrogen-bond acceptors (Lipinski definition) is 3. The van der Waals surface area contributed by atoms with Crippen molar-refractivity contribution in [1.29, 1.82) is 0 Å². The van der Waals surface area contributed by atoms with Crippen molar-refractivity contribution in [1.82, 2.24) is 0 Å². The molecule has 0 saturated heterocycles. The van der Waals surface area contributed by atoms with Crippen molar-refractivity contribution in [2.75, 3.05) is 19.5 Å². The van der Waals surface area contributed by atoms with Gasteiger partial charge in [-0.2, -0.15) is 0 Å². The normalized spacial score (nSPS) is 12.5. The molecule has 0 aliphatic heterocycles. The highest BCUT2D eigenvalue weighted by Crippen LogP contribution is 2.31. The number of benzene rings is 1. The van der Waals surface area contributed by atoms with Crippen LogP contribution in [0.1, 0.15) is 6.92 Å². The van der Waals surface area contributed by atoms with Gasteiger partial charge < -0.3 is 15.2 Å². The average Bonchev–Trinajstić information content (AvgIpc) is 2.12.